The van der Waals surface area contributed by atoms with Crippen LogP contribution in [-0.2, 0) is 18.6 Å². The van der Waals surface area contributed by atoms with Crippen molar-refractivity contribution in [3.05, 3.63) is 93.3 Å². The zero-order valence-electron chi connectivity index (χ0n) is 23.7. The first-order chi connectivity index (χ1) is 18.6. The highest BCUT2D eigenvalue weighted by atomic mass is 28.4. The molecule has 0 aliphatic carbocycles. The van der Waals surface area contributed by atoms with E-state index in [4.69, 9.17) is 18.6 Å². The van der Waals surface area contributed by atoms with Crippen molar-refractivity contribution in [2.24, 2.45) is 0 Å². The zero-order chi connectivity index (χ0) is 28.2. The van der Waals surface area contributed by atoms with Gasteiger partial charge in [0.25, 0.3) is 13.9 Å². The summed E-state index contributed by atoms with van der Waals surface area (Å²) in [6.45, 7) is 12.9. The SMILES string of the molecule is CCOC(C)O[C@@H]1C[C@H](n2cc(C)c(=O)[nH]c2=O)O[C@@H]1CO[Si](c1ccccc1)(c1ccccc1)C(C)(C)C. The monoisotopic (exact) mass is 552 g/mol. The molecule has 1 aromatic heterocycles. The van der Waals surface area contributed by atoms with E-state index in [0.29, 0.717) is 18.6 Å². The fourth-order valence-electron chi connectivity index (χ4n) is 5.45. The van der Waals surface area contributed by atoms with E-state index >= 15 is 0 Å². The summed E-state index contributed by atoms with van der Waals surface area (Å²) in [6.07, 6.45) is 0.0524. The van der Waals surface area contributed by atoms with Gasteiger partial charge in [-0.05, 0) is 36.2 Å². The number of ether oxygens (including phenoxy) is 3. The van der Waals surface area contributed by atoms with Gasteiger partial charge in [-0.15, -0.1) is 0 Å². The van der Waals surface area contributed by atoms with Crippen LogP contribution in [0.25, 0.3) is 0 Å². The molecule has 2 aromatic carbocycles. The van der Waals surface area contributed by atoms with E-state index in [1.165, 1.54) is 14.9 Å². The Morgan fingerprint density at radius 1 is 1.05 bits per heavy atom. The summed E-state index contributed by atoms with van der Waals surface area (Å²) in [7, 11) is -2.81. The number of nitrogens with one attached hydrogen (secondary N) is 1. The summed E-state index contributed by atoms with van der Waals surface area (Å²) < 4.78 is 26.9. The lowest BCUT2D eigenvalue weighted by Crippen LogP contribution is -2.67. The fourth-order valence-corrected chi connectivity index (χ4v) is 10.0. The lowest BCUT2D eigenvalue weighted by Gasteiger charge is -2.43. The van der Waals surface area contributed by atoms with Crippen molar-refractivity contribution in [1.82, 2.24) is 9.55 Å². The van der Waals surface area contributed by atoms with Crippen LogP contribution in [0.1, 0.15) is 52.8 Å². The smallest absolute Gasteiger partial charge is 0.330 e. The average Bonchev–Trinajstić information content (AvgIpc) is 3.29. The molecule has 9 heteroatoms. The Morgan fingerprint density at radius 3 is 2.18 bits per heavy atom. The Balaban J connectivity index is 1.70. The summed E-state index contributed by atoms with van der Waals surface area (Å²) in [5.41, 5.74) is -0.482. The maximum Gasteiger partial charge on any atom is 0.330 e. The predicted octanol–water partition coefficient (Wildman–Crippen LogP) is 3.48. The molecule has 210 valence electrons. The molecule has 39 heavy (non-hydrogen) atoms. The number of hydrogen-bond acceptors (Lipinski definition) is 6. The fraction of sp³-hybridized carbons (Fsp3) is 0.467. The minimum absolute atomic E-state index is 0.199. The van der Waals surface area contributed by atoms with Gasteiger partial charge in [0.2, 0.25) is 0 Å². The van der Waals surface area contributed by atoms with Crippen molar-refractivity contribution >= 4 is 18.7 Å². The van der Waals surface area contributed by atoms with Crippen LogP contribution in [0.5, 0.6) is 0 Å². The molecule has 1 fully saturated rings. The lowest BCUT2D eigenvalue weighted by molar-refractivity contribution is -0.172. The van der Waals surface area contributed by atoms with Gasteiger partial charge in [-0.3, -0.25) is 14.3 Å². The molecular weight excluding hydrogens is 512 g/mol. The average molecular weight is 553 g/mol. The second-order valence-electron chi connectivity index (χ2n) is 11.0. The van der Waals surface area contributed by atoms with Crippen LogP contribution in [0.4, 0.5) is 0 Å². The highest BCUT2D eigenvalue weighted by molar-refractivity contribution is 6.99. The van der Waals surface area contributed by atoms with Crippen molar-refractivity contribution in [1.29, 1.82) is 0 Å². The lowest BCUT2D eigenvalue weighted by atomic mass is 10.2. The number of rotatable bonds is 10. The zero-order valence-corrected chi connectivity index (χ0v) is 24.7. The first-order valence-electron chi connectivity index (χ1n) is 13.6. The van der Waals surface area contributed by atoms with Crippen LogP contribution in [0.3, 0.4) is 0 Å². The Bertz CT molecular complexity index is 1300. The van der Waals surface area contributed by atoms with Gasteiger partial charge in [-0.25, -0.2) is 4.79 Å². The number of H-pyrrole nitrogens is 1. The number of nitrogens with zero attached hydrogens (tertiary/aromatic N) is 1. The maximum absolute atomic E-state index is 12.7. The van der Waals surface area contributed by atoms with Crippen LogP contribution >= 0.6 is 0 Å². The first kappa shape index (κ1) is 29.2. The molecule has 3 aromatic rings. The van der Waals surface area contributed by atoms with Crippen molar-refractivity contribution in [3.63, 3.8) is 0 Å². The number of aryl methyl sites for hydroxylation is 1. The summed E-state index contributed by atoms with van der Waals surface area (Å²) in [4.78, 5) is 27.0. The molecule has 0 bridgehead atoms. The molecule has 0 radical (unpaired) electrons. The predicted molar refractivity (Wildman–Crippen MR) is 154 cm³/mol. The van der Waals surface area contributed by atoms with Gasteiger partial charge < -0.3 is 18.6 Å². The summed E-state index contributed by atoms with van der Waals surface area (Å²) >= 11 is 0. The van der Waals surface area contributed by atoms with Gasteiger partial charge in [0.15, 0.2) is 6.29 Å². The van der Waals surface area contributed by atoms with Gasteiger partial charge in [-0.2, -0.15) is 0 Å². The third kappa shape index (κ3) is 6.18. The molecule has 1 unspecified atom stereocenters. The van der Waals surface area contributed by atoms with E-state index in [1.54, 1.807) is 13.1 Å². The van der Waals surface area contributed by atoms with Crippen molar-refractivity contribution in [2.45, 2.75) is 77.7 Å². The standard InChI is InChI=1S/C30H40N2O6Si/c1-7-35-22(3)37-25-18-27(32-19-21(2)28(33)31-29(32)34)38-26(25)20-36-39(30(4,5)6,23-14-10-8-11-15-23)24-16-12-9-13-17-24/h8-17,19,22,25-27H,7,18,20H2,1-6H3,(H,31,33,34)/t22?,25-,26-,27-/m1/s1. The maximum atomic E-state index is 12.7. The third-order valence-electron chi connectivity index (χ3n) is 7.29. The molecule has 0 spiro atoms. The van der Waals surface area contributed by atoms with Crippen LogP contribution < -0.4 is 21.6 Å². The number of benzene rings is 2. The van der Waals surface area contributed by atoms with Gasteiger partial charge >= 0.3 is 5.69 Å². The Hall–Kier alpha value is -2.82. The Labute approximate surface area is 231 Å². The molecule has 1 aliphatic rings. The molecule has 1 aliphatic heterocycles. The van der Waals surface area contributed by atoms with Crippen LogP contribution in [0.15, 0.2) is 76.4 Å². The topological polar surface area (TPSA) is 91.8 Å². The van der Waals surface area contributed by atoms with Crippen molar-refractivity contribution < 1.29 is 18.6 Å². The van der Waals surface area contributed by atoms with E-state index in [0.717, 1.165) is 0 Å². The van der Waals surface area contributed by atoms with E-state index < -0.39 is 38.2 Å². The van der Waals surface area contributed by atoms with Crippen molar-refractivity contribution in [2.75, 3.05) is 13.2 Å². The number of hydrogen-bond donors (Lipinski definition) is 1. The van der Waals surface area contributed by atoms with E-state index in [9.17, 15) is 9.59 Å². The van der Waals surface area contributed by atoms with E-state index in [2.05, 4.69) is 74.3 Å². The molecule has 2 heterocycles. The second kappa shape index (κ2) is 12.1. The van der Waals surface area contributed by atoms with Crippen LogP contribution in [-0.4, -0.2) is 49.6 Å². The Kier molecular flexibility index (Phi) is 9.08. The minimum Gasteiger partial charge on any atom is -0.405 e. The third-order valence-corrected chi connectivity index (χ3v) is 12.3. The Morgan fingerprint density at radius 2 is 1.64 bits per heavy atom. The molecule has 4 rings (SSSR count). The van der Waals surface area contributed by atoms with Crippen LogP contribution in [0, 0.1) is 6.92 Å². The highest BCUT2D eigenvalue weighted by Gasteiger charge is 2.51. The summed E-state index contributed by atoms with van der Waals surface area (Å²) in [6, 6.07) is 20.8. The molecule has 1 saturated heterocycles. The molecule has 4 atom stereocenters. The van der Waals surface area contributed by atoms with Crippen LogP contribution in [0.2, 0.25) is 5.04 Å². The van der Waals surface area contributed by atoms with Crippen molar-refractivity contribution in [3.8, 4) is 0 Å². The molecule has 1 N–H and O–H groups in total. The van der Waals surface area contributed by atoms with E-state index in [1.807, 2.05) is 26.0 Å². The minimum atomic E-state index is -2.81. The first-order valence-corrected chi connectivity index (χ1v) is 15.5. The van der Waals surface area contributed by atoms with Gasteiger partial charge in [0.1, 0.15) is 12.3 Å². The van der Waals surface area contributed by atoms with Gasteiger partial charge in [0.05, 0.1) is 12.7 Å². The highest BCUT2D eigenvalue weighted by Crippen LogP contribution is 2.38. The van der Waals surface area contributed by atoms with Gasteiger partial charge in [0, 0.05) is 24.8 Å². The molecule has 0 saturated carbocycles. The largest absolute Gasteiger partial charge is 0.405 e. The normalized spacial score (nSPS) is 20.7. The van der Waals surface area contributed by atoms with Gasteiger partial charge in [-0.1, -0.05) is 81.4 Å². The summed E-state index contributed by atoms with van der Waals surface area (Å²) in [5.74, 6) is 0. The molecule has 8 nitrogen and oxygen atoms in total. The van der Waals surface area contributed by atoms with E-state index in [-0.39, 0.29) is 17.7 Å². The summed E-state index contributed by atoms with van der Waals surface area (Å²) in [5, 5.41) is 2.15. The second-order valence-corrected chi connectivity index (χ2v) is 15.3. The molecular formula is C30H40N2O6Si. The number of aromatic amines is 1. The number of aromatic nitrogens is 2. The quantitative estimate of drug-likeness (QED) is 0.306. The molecule has 0 amide bonds.